The second-order valence-corrected chi connectivity index (χ2v) is 8.62. The van der Waals surface area contributed by atoms with Crippen molar-refractivity contribution >= 4 is 27.5 Å². The third-order valence-corrected chi connectivity index (χ3v) is 6.68. The molecular formula is C23H23BrN2O2. The van der Waals surface area contributed by atoms with Crippen molar-refractivity contribution in [1.29, 1.82) is 0 Å². The number of rotatable bonds is 2. The SMILES string of the molecule is O=C(c1cccc2c1N[C@H](c1ccc(Br)cc1)[C@@H]1CC=C[C@@H]21)N1CCOCC1. The van der Waals surface area contributed by atoms with Gasteiger partial charge in [-0.25, -0.2) is 0 Å². The van der Waals surface area contributed by atoms with Crippen LogP contribution in [-0.2, 0) is 4.74 Å². The molecule has 0 radical (unpaired) electrons. The van der Waals surface area contributed by atoms with Crippen molar-refractivity contribution in [1.82, 2.24) is 4.90 Å². The molecule has 0 aromatic heterocycles. The second-order valence-electron chi connectivity index (χ2n) is 7.70. The van der Waals surface area contributed by atoms with E-state index in [1.54, 1.807) is 0 Å². The van der Waals surface area contributed by atoms with Crippen LogP contribution in [0.1, 0.15) is 39.9 Å². The Balaban J connectivity index is 1.55. The van der Waals surface area contributed by atoms with Gasteiger partial charge in [-0.15, -0.1) is 0 Å². The highest BCUT2D eigenvalue weighted by Crippen LogP contribution is 2.50. The van der Waals surface area contributed by atoms with Gasteiger partial charge >= 0.3 is 0 Å². The Morgan fingerprint density at radius 2 is 1.89 bits per heavy atom. The standard InChI is InChI=1S/C23H23BrN2O2/c24-16-9-7-15(8-10-16)21-18-4-1-3-17(18)19-5-2-6-20(22(19)25-21)23(27)26-11-13-28-14-12-26/h1-3,5-10,17-18,21,25H,4,11-14H2/t17-,18-,21-/m1/s1. The highest BCUT2D eigenvalue weighted by Gasteiger charge is 2.39. The van der Waals surface area contributed by atoms with E-state index in [1.807, 2.05) is 17.0 Å². The van der Waals surface area contributed by atoms with Crippen LogP contribution in [0, 0.1) is 5.92 Å². The number of allylic oxidation sites excluding steroid dienone is 2. The van der Waals surface area contributed by atoms with Crippen LogP contribution >= 0.6 is 15.9 Å². The Bertz CT molecular complexity index is 919. The molecule has 5 rings (SSSR count). The number of para-hydroxylation sites is 1. The zero-order valence-corrected chi connectivity index (χ0v) is 17.2. The summed E-state index contributed by atoms with van der Waals surface area (Å²) in [6, 6.07) is 14.9. The first-order valence-corrected chi connectivity index (χ1v) is 10.7. The number of nitrogens with zero attached hydrogens (tertiary/aromatic N) is 1. The fraction of sp³-hybridized carbons (Fsp3) is 0.348. The Hall–Kier alpha value is -2.11. The predicted molar refractivity (Wildman–Crippen MR) is 114 cm³/mol. The molecule has 3 atom stereocenters. The minimum absolute atomic E-state index is 0.0997. The van der Waals surface area contributed by atoms with Gasteiger partial charge in [-0.2, -0.15) is 0 Å². The first-order chi connectivity index (χ1) is 13.7. The lowest BCUT2D eigenvalue weighted by atomic mass is 9.76. The summed E-state index contributed by atoms with van der Waals surface area (Å²) >= 11 is 3.53. The van der Waals surface area contributed by atoms with Crippen LogP contribution < -0.4 is 5.32 Å². The number of ether oxygens (including phenoxy) is 1. The Labute approximate surface area is 173 Å². The average molecular weight is 439 g/mol. The third kappa shape index (κ3) is 3.07. The van der Waals surface area contributed by atoms with Crippen LogP contribution in [0.2, 0.25) is 0 Å². The molecule has 3 aliphatic rings. The molecule has 1 fully saturated rings. The van der Waals surface area contributed by atoms with Gasteiger partial charge in [0, 0.05) is 23.5 Å². The largest absolute Gasteiger partial charge is 0.378 e. The Morgan fingerprint density at radius 3 is 2.68 bits per heavy atom. The van der Waals surface area contributed by atoms with E-state index in [2.05, 4.69) is 63.7 Å². The molecule has 0 unspecified atom stereocenters. The molecular weight excluding hydrogens is 416 g/mol. The van der Waals surface area contributed by atoms with Gasteiger partial charge in [-0.05, 0) is 41.7 Å². The molecule has 1 saturated heterocycles. The number of fused-ring (bicyclic) bond motifs is 3. The topological polar surface area (TPSA) is 41.6 Å². The van der Waals surface area contributed by atoms with E-state index >= 15 is 0 Å². The number of hydrogen-bond donors (Lipinski definition) is 1. The van der Waals surface area contributed by atoms with E-state index in [0.29, 0.717) is 38.1 Å². The maximum Gasteiger partial charge on any atom is 0.256 e. The lowest BCUT2D eigenvalue weighted by Gasteiger charge is -2.39. The van der Waals surface area contributed by atoms with Crippen LogP contribution in [-0.4, -0.2) is 37.1 Å². The monoisotopic (exact) mass is 438 g/mol. The number of halogens is 1. The van der Waals surface area contributed by atoms with Crippen LogP contribution in [0.5, 0.6) is 0 Å². The summed E-state index contributed by atoms with van der Waals surface area (Å²) in [6.07, 6.45) is 5.66. The maximum atomic E-state index is 13.3. The highest BCUT2D eigenvalue weighted by molar-refractivity contribution is 9.10. The number of carbonyl (C=O) groups is 1. The Kier molecular flexibility index (Phi) is 4.73. The van der Waals surface area contributed by atoms with Gasteiger partial charge in [0.1, 0.15) is 0 Å². The van der Waals surface area contributed by atoms with E-state index in [9.17, 15) is 4.79 Å². The molecule has 2 aliphatic heterocycles. The molecule has 1 aliphatic carbocycles. The van der Waals surface area contributed by atoms with Gasteiger partial charge in [0.15, 0.2) is 0 Å². The zero-order valence-electron chi connectivity index (χ0n) is 15.6. The average Bonchev–Trinajstić information content (AvgIpc) is 3.24. The number of anilines is 1. The zero-order chi connectivity index (χ0) is 19.1. The van der Waals surface area contributed by atoms with E-state index in [4.69, 9.17) is 4.74 Å². The lowest BCUT2D eigenvalue weighted by molar-refractivity contribution is 0.0303. The fourth-order valence-electron chi connectivity index (χ4n) is 4.74. The van der Waals surface area contributed by atoms with Crippen molar-refractivity contribution < 1.29 is 9.53 Å². The quantitative estimate of drug-likeness (QED) is 0.687. The number of carbonyl (C=O) groups excluding carboxylic acids is 1. The molecule has 0 spiro atoms. The smallest absolute Gasteiger partial charge is 0.256 e. The summed E-state index contributed by atoms with van der Waals surface area (Å²) in [5.74, 6) is 0.924. The van der Waals surface area contributed by atoms with E-state index < -0.39 is 0 Å². The highest BCUT2D eigenvalue weighted by atomic mass is 79.9. The van der Waals surface area contributed by atoms with Crippen molar-refractivity contribution in [3.63, 3.8) is 0 Å². The number of benzene rings is 2. The molecule has 0 bridgehead atoms. The third-order valence-electron chi connectivity index (χ3n) is 6.15. The van der Waals surface area contributed by atoms with E-state index in [1.165, 1.54) is 11.1 Å². The van der Waals surface area contributed by atoms with Gasteiger partial charge in [-0.1, -0.05) is 52.3 Å². The minimum atomic E-state index is 0.0997. The molecule has 2 aromatic rings. The summed E-state index contributed by atoms with van der Waals surface area (Å²) in [7, 11) is 0. The van der Waals surface area contributed by atoms with Gasteiger partial charge in [0.05, 0.1) is 30.5 Å². The van der Waals surface area contributed by atoms with Gasteiger partial charge in [0.2, 0.25) is 0 Å². The normalized spacial score (nSPS) is 25.8. The summed E-state index contributed by atoms with van der Waals surface area (Å²) in [5.41, 5.74) is 4.28. The van der Waals surface area contributed by atoms with Gasteiger partial charge in [-0.3, -0.25) is 4.79 Å². The second kappa shape index (κ2) is 7.37. The van der Waals surface area contributed by atoms with Crippen molar-refractivity contribution in [2.75, 3.05) is 31.6 Å². The molecule has 2 aromatic carbocycles. The summed E-state index contributed by atoms with van der Waals surface area (Å²) < 4.78 is 6.50. The minimum Gasteiger partial charge on any atom is -0.378 e. The van der Waals surface area contributed by atoms with Crippen molar-refractivity contribution in [3.8, 4) is 0 Å². The summed E-state index contributed by atoms with van der Waals surface area (Å²) in [5, 5.41) is 3.76. The first-order valence-electron chi connectivity index (χ1n) is 9.91. The summed E-state index contributed by atoms with van der Waals surface area (Å²) in [4.78, 5) is 15.2. The Morgan fingerprint density at radius 1 is 1.11 bits per heavy atom. The number of morpholine rings is 1. The van der Waals surface area contributed by atoms with Gasteiger partial charge in [0.25, 0.3) is 5.91 Å². The molecule has 4 nitrogen and oxygen atoms in total. The van der Waals surface area contributed by atoms with Crippen molar-refractivity contribution in [2.45, 2.75) is 18.4 Å². The van der Waals surface area contributed by atoms with Gasteiger partial charge < -0.3 is 15.0 Å². The number of nitrogens with one attached hydrogen (secondary N) is 1. The predicted octanol–water partition coefficient (Wildman–Crippen LogP) is 4.75. The molecule has 5 heteroatoms. The first kappa shape index (κ1) is 18.0. The molecule has 144 valence electrons. The van der Waals surface area contributed by atoms with E-state index in [0.717, 1.165) is 22.1 Å². The fourth-order valence-corrected chi connectivity index (χ4v) is 5.00. The molecule has 1 N–H and O–H groups in total. The molecule has 0 saturated carbocycles. The molecule has 28 heavy (non-hydrogen) atoms. The van der Waals surface area contributed by atoms with Crippen LogP contribution in [0.15, 0.2) is 59.1 Å². The molecule has 2 heterocycles. The van der Waals surface area contributed by atoms with Crippen molar-refractivity contribution in [2.24, 2.45) is 5.92 Å². The van der Waals surface area contributed by atoms with E-state index in [-0.39, 0.29) is 11.9 Å². The van der Waals surface area contributed by atoms with Crippen LogP contribution in [0.25, 0.3) is 0 Å². The number of amides is 1. The maximum absolute atomic E-state index is 13.3. The number of hydrogen-bond acceptors (Lipinski definition) is 3. The lowest BCUT2D eigenvalue weighted by Crippen LogP contribution is -2.41. The van der Waals surface area contributed by atoms with Crippen LogP contribution in [0.3, 0.4) is 0 Å². The molecule has 1 amide bonds. The van der Waals surface area contributed by atoms with Crippen molar-refractivity contribution in [3.05, 3.63) is 75.8 Å². The summed E-state index contributed by atoms with van der Waals surface area (Å²) in [6.45, 7) is 2.54. The van der Waals surface area contributed by atoms with Crippen LogP contribution in [0.4, 0.5) is 5.69 Å².